The molecule has 1 atom stereocenters. The van der Waals surface area contributed by atoms with Crippen LogP contribution in [0.3, 0.4) is 0 Å². The normalized spacial score (nSPS) is 12.2. The number of carboxylic acids is 2. The van der Waals surface area contributed by atoms with Gasteiger partial charge in [0.1, 0.15) is 0 Å². The molecule has 36 heavy (non-hydrogen) atoms. The Labute approximate surface area is 213 Å². The predicted octanol–water partition coefficient (Wildman–Crippen LogP) is 2.87. The van der Waals surface area contributed by atoms with E-state index in [2.05, 4.69) is 86.8 Å². The standard InChI is InChI=1S/C26H33NO2Si.C2H2O4/c1-26(2,3)30(24-15-9-5-10-16-24,25-17-11-6-12-18-25)29-21-23(20-28)27-19-22-13-7-4-8-14-22;3-1(4)2(5)6/h4-18,23,27-28H,19-21H2,1-3H3;(H,3,4)(H,5,6). The summed E-state index contributed by atoms with van der Waals surface area (Å²) in [5.74, 6) is -3.65. The van der Waals surface area contributed by atoms with Crippen LogP contribution in [0.15, 0.2) is 91.0 Å². The summed E-state index contributed by atoms with van der Waals surface area (Å²) in [6.07, 6.45) is 0. The van der Waals surface area contributed by atoms with Crippen LogP contribution in [0, 0.1) is 0 Å². The van der Waals surface area contributed by atoms with Crippen molar-refractivity contribution >= 4 is 30.6 Å². The summed E-state index contributed by atoms with van der Waals surface area (Å²) in [4.78, 5) is 18.2. The summed E-state index contributed by atoms with van der Waals surface area (Å²) in [5.41, 5.74) is 1.20. The van der Waals surface area contributed by atoms with E-state index >= 15 is 0 Å². The Hall–Kier alpha value is -3.30. The van der Waals surface area contributed by atoms with Crippen molar-refractivity contribution in [2.45, 2.75) is 38.4 Å². The highest BCUT2D eigenvalue weighted by Gasteiger charge is 2.50. The highest BCUT2D eigenvalue weighted by molar-refractivity contribution is 6.99. The van der Waals surface area contributed by atoms with Crippen LogP contribution in [0.25, 0.3) is 0 Å². The summed E-state index contributed by atoms with van der Waals surface area (Å²) < 4.78 is 6.92. The molecule has 3 aromatic rings. The predicted molar refractivity (Wildman–Crippen MR) is 143 cm³/mol. The zero-order valence-corrected chi connectivity index (χ0v) is 21.9. The van der Waals surface area contributed by atoms with E-state index in [1.54, 1.807) is 0 Å². The molecule has 7 nitrogen and oxygen atoms in total. The molecule has 0 radical (unpaired) electrons. The number of benzene rings is 3. The first-order valence-corrected chi connectivity index (χ1v) is 13.6. The molecule has 192 valence electrons. The van der Waals surface area contributed by atoms with Crippen molar-refractivity contribution in [2.24, 2.45) is 0 Å². The smallest absolute Gasteiger partial charge is 0.414 e. The van der Waals surface area contributed by atoms with E-state index in [1.807, 2.05) is 30.3 Å². The highest BCUT2D eigenvalue weighted by Crippen LogP contribution is 2.36. The lowest BCUT2D eigenvalue weighted by molar-refractivity contribution is -0.159. The third-order valence-corrected chi connectivity index (χ3v) is 10.8. The number of aliphatic carboxylic acids is 2. The minimum absolute atomic E-state index is 0.0328. The SMILES string of the molecule is CC(C)(C)[Si](OCC(CO)NCc1ccccc1)(c1ccccc1)c1ccccc1.O=C(O)C(=O)O. The van der Waals surface area contributed by atoms with E-state index < -0.39 is 20.3 Å². The van der Waals surface area contributed by atoms with E-state index in [0.29, 0.717) is 13.2 Å². The summed E-state index contributed by atoms with van der Waals surface area (Å²) in [6, 6.07) is 31.3. The van der Waals surface area contributed by atoms with E-state index in [1.165, 1.54) is 15.9 Å². The van der Waals surface area contributed by atoms with Gasteiger partial charge in [-0.05, 0) is 21.0 Å². The molecule has 0 aliphatic heterocycles. The molecule has 4 N–H and O–H groups in total. The van der Waals surface area contributed by atoms with Crippen LogP contribution in [0.5, 0.6) is 0 Å². The summed E-state index contributed by atoms with van der Waals surface area (Å²) in [7, 11) is -2.59. The largest absolute Gasteiger partial charge is 0.473 e. The number of hydrogen-bond donors (Lipinski definition) is 4. The number of aliphatic hydroxyl groups is 1. The Balaban J connectivity index is 0.000000678. The molecule has 0 amide bonds. The maximum Gasteiger partial charge on any atom is 0.414 e. The number of carboxylic acid groups (broad SMARTS) is 2. The molecule has 0 bridgehead atoms. The number of nitrogens with one attached hydrogen (secondary N) is 1. The van der Waals surface area contributed by atoms with Gasteiger partial charge in [-0.25, -0.2) is 9.59 Å². The lowest BCUT2D eigenvalue weighted by Gasteiger charge is -2.43. The van der Waals surface area contributed by atoms with Crippen LogP contribution < -0.4 is 15.7 Å². The summed E-state index contributed by atoms with van der Waals surface area (Å²) in [5, 5.41) is 30.7. The maximum absolute atomic E-state index is 10.0. The summed E-state index contributed by atoms with van der Waals surface area (Å²) in [6.45, 7) is 8.00. The first-order valence-electron chi connectivity index (χ1n) is 11.7. The second-order valence-corrected chi connectivity index (χ2v) is 13.6. The maximum atomic E-state index is 10.0. The monoisotopic (exact) mass is 509 g/mol. The fourth-order valence-corrected chi connectivity index (χ4v) is 8.63. The first-order chi connectivity index (χ1) is 17.1. The molecule has 0 heterocycles. The Kier molecular flexibility index (Phi) is 11.0. The van der Waals surface area contributed by atoms with Crippen molar-refractivity contribution in [3.05, 3.63) is 96.6 Å². The second kappa shape index (κ2) is 13.7. The van der Waals surface area contributed by atoms with Crippen LogP contribution >= 0.6 is 0 Å². The first kappa shape index (κ1) is 28.9. The fourth-order valence-electron chi connectivity index (χ4n) is 4.02. The van der Waals surface area contributed by atoms with Crippen molar-refractivity contribution in [1.82, 2.24) is 5.32 Å². The number of carbonyl (C=O) groups is 2. The average molecular weight is 510 g/mol. The minimum atomic E-state index is -2.59. The third-order valence-electron chi connectivity index (χ3n) is 5.76. The Morgan fingerprint density at radius 3 is 1.58 bits per heavy atom. The van der Waals surface area contributed by atoms with Gasteiger partial charge in [-0.3, -0.25) is 0 Å². The molecule has 0 aromatic heterocycles. The molecular formula is C28H35NO6Si. The van der Waals surface area contributed by atoms with Gasteiger partial charge >= 0.3 is 11.9 Å². The van der Waals surface area contributed by atoms with Crippen molar-refractivity contribution in [1.29, 1.82) is 0 Å². The van der Waals surface area contributed by atoms with E-state index in [0.717, 1.165) is 0 Å². The molecule has 1 unspecified atom stereocenters. The molecule has 0 aliphatic rings. The van der Waals surface area contributed by atoms with Crippen LogP contribution in [-0.4, -0.2) is 54.8 Å². The number of rotatable bonds is 9. The topological polar surface area (TPSA) is 116 Å². The van der Waals surface area contributed by atoms with Crippen molar-refractivity contribution in [3.8, 4) is 0 Å². The van der Waals surface area contributed by atoms with Crippen LogP contribution in [0.1, 0.15) is 26.3 Å². The van der Waals surface area contributed by atoms with Gasteiger partial charge in [0, 0.05) is 6.54 Å². The number of aliphatic hydroxyl groups excluding tert-OH is 1. The number of hydrogen-bond acceptors (Lipinski definition) is 5. The van der Waals surface area contributed by atoms with Crippen molar-refractivity contribution in [3.63, 3.8) is 0 Å². The van der Waals surface area contributed by atoms with Crippen LogP contribution in [0.4, 0.5) is 0 Å². The van der Waals surface area contributed by atoms with Gasteiger partial charge in [-0.2, -0.15) is 0 Å². The highest BCUT2D eigenvalue weighted by atomic mass is 28.4. The zero-order chi connectivity index (χ0) is 26.6. The Morgan fingerprint density at radius 1 is 0.806 bits per heavy atom. The molecule has 3 rings (SSSR count). The molecular weight excluding hydrogens is 474 g/mol. The van der Waals surface area contributed by atoms with E-state index in [-0.39, 0.29) is 17.7 Å². The Bertz CT molecular complexity index is 1020. The van der Waals surface area contributed by atoms with Gasteiger partial charge in [0.25, 0.3) is 8.32 Å². The van der Waals surface area contributed by atoms with Crippen LogP contribution in [0.2, 0.25) is 5.04 Å². The molecule has 0 fully saturated rings. The quantitative estimate of drug-likeness (QED) is 0.259. The minimum Gasteiger partial charge on any atom is -0.473 e. The van der Waals surface area contributed by atoms with E-state index in [9.17, 15) is 5.11 Å². The van der Waals surface area contributed by atoms with Gasteiger partial charge in [0.15, 0.2) is 0 Å². The second-order valence-electron chi connectivity index (χ2n) is 9.33. The molecule has 3 aromatic carbocycles. The van der Waals surface area contributed by atoms with E-state index in [4.69, 9.17) is 24.2 Å². The molecule has 0 saturated heterocycles. The molecule has 0 spiro atoms. The molecule has 8 heteroatoms. The lowest BCUT2D eigenvalue weighted by Crippen LogP contribution is -2.67. The van der Waals surface area contributed by atoms with Crippen LogP contribution in [-0.2, 0) is 20.6 Å². The van der Waals surface area contributed by atoms with Crippen molar-refractivity contribution in [2.75, 3.05) is 13.2 Å². The Morgan fingerprint density at radius 2 is 1.22 bits per heavy atom. The average Bonchev–Trinajstić information content (AvgIpc) is 2.87. The van der Waals surface area contributed by atoms with Gasteiger partial charge in [-0.15, -0.1) is 0 Å². The van der Waals surface area contributed by atoms with Gasteiger partial charge < -0.3 is 25.1 Å². The summed E-state index contributed by atoms with van der Waals surface area (Å²) >= 11 is 0. The lowest BCUT2D eigenvalue weighted by atomic mass is 10.2. The zero-order valence-electron chi connectivity index (χ0n) is 20.9. The fraction of sp³-hybridized carbons (Fsp3) is 0.286. The molecule has 0 saturated carbocycles. The van der Waals surface area contributed by atoms with Gasteiger partial charge in [0.2, 0.25) is 0 Å². The molecule has 0 aliphatic carbocycles. The van der Waals surface area contributed by atoms with Gasteiger partial charge in [0.05, 0.1) is 19.3 Å². The third kappa shape index (κ3) is 7.86. The van der Waals surface area contributed by atoms with Crippen molar-refractivity contribution < 1.29 is 29.3 Å². The van der Waals surface area contributed by atoms with Gasteiger partial charge in [-0.1, -0.05) is 112 Å².